The van der Waals surface area contributed by atoms with E-state index in [0.29, 0.717) is 6.04 Å². The maximum Gasteiger partial charge on any atom is 0.203 e. The van der Waals surface area contributed by atoms with Crippen LogP contribution in [0, 0.1) is 6.92 Å². The minimum atomic E-state index is 0.372. The van der Waals surface area contributed by atoms with Crippen molar-refractivity contribution in [3.63, 3.8) is 0 Å². The van der Waals surface area contributed by atoms with Gasteiger partial charge in [-0.15, -0.1) is 0 Å². The highest BCUT2D eigenvalue weighted by Crippen LogP contribution is 2.24. The molecule has 0 fully saturated rings. The Hall–Kier alpha value is -1.36. The van der Waals surface area contributed by atoms with E-state index in [1.807, 2.05) is 13.0 Å². The van der Waals surface area contributed by atoms with Crippen molar-refractivity contribution in [2.75, 3.05) is 5.32 Å². The number of rotatable bonds is 3. The van der Waals surface area contributed by atoms with Crippen LogP contribution in [-0.2, 0) is 0 Å². The molecule has 0 saturated heterocycles. The Morgan fingerprint density at radius 1 is 1.47 bits per heavy atom. The SMILES string of the molecule is Cc1occc1-c1nsc(NC(C)C)n1. The molecule has 2 heterocycles. The van der Waals surface area contributed by atoms with E-state index < -0.39 is 0 Å². The van der Waals surface area contributed by atoms with Gasteiger partial charge in [-0.25, -0.2) is 0 Å². The van der Waals surface area contributed by atoms with Gasteiger partial charge in [0, 0.05) is 17.6 Å². The normalized spacial score (nSPS) is 10.9. The van der Waals surface area contributed by atoms with E-state index in [4.69, 9.17) is 4.42 Å². The molecule has 80 valence electrons. The lowest BCUT2D eigenvalue weighted by atomic mass is 10.2. The molecular formula is C10H13N3OS. The van der Waals surface area contributed by atoms with E-state index in [0.717, 1.165) is 22.3 Å². The summed E-state index contributed by atoms with van der Waals surface area (Å²) in [5, 5.41) is 4.07. The van der Waals surface area contributed by atoms with Crippen LogP contribution in [0.2, 0.25) is 0 Å². The van der Waals surface area contributed by atoms with Crippen molar-refractivity contribution in [3.05, 3.63) is 18.1 Å². The fourth-order valence-corrected chi connectivity index (χ4v) is 1.98. The summed E-state index contributed by atoms with van der Waals surface area (Å²) in [7, 11) is 0. The predicted molar refractivity (Wildman–Crippen MR) is 61.1 cm³/mol. The first-order valence-electron chi connectivity index (χ1n) is 4.81. The topological polar surface area (TPSA) is 51.0 Å². The third-order valence-corrected chi connectivity index (χ3v) is 2.58. The fourth-order valence-electron chi connectivity index (χ4n) is 1.26. The van der Waals surface area contributed by atoms with Gasteiger partial charge in [0.1, 0.15) is 5.76 Å². The zero-order valence-corrected chi connectivity index (χ0v) is 9.76. The largest absolute Gasteiger partial charge is 0.469 e. The standard InChI is InChI=1S/C10H13N3OS/c1-6(2)11-10-12-9(13-15-10)8-4-5-14-7(8)3/h4-6H,1-3H3,(H,11,12,13). The monoisotopic (exact) mass is 223 g/mol. The van der Waals surface area contributed by atoms with Gasteiger partial charge < -0.3 is 9.73 Å². The summed E-state index contributed by atoms with van der Waals surface area (Å²) in [5.74, 6) is 1.58. The van der Waals surface area contributed by atoms with Crippen LogP contribution >= 0.6 is 11.5 Å². The predicted octanol–water partition coefficient (Wildman–Crippen LogP) is 2.93. The van der Waals surface area contributed by atoms with E-state index in [9.17, 15) is 0 Å². The quantitative estimate of drug-likeness (QED) is 0.869. The van der Waals surface area contributed by atoms with Crippen molar-refractivity contribution in [1.29, 1.82) is 0 Å². The summed E-state index contributed by atoms with van der Waals surface area (Å²) >= 11 is 1.37. The molecule has 0 aliphatic rings. The van der Waals surface area contributed by atoms with Gasteiger partial charge in [-0.05, 0) is 26.8 Å². The molecule has 0 unspecified atom stereocenters. The van der Waals surface area contributed by atoms with Gasteiger partial charge in [0.15, 0.2) is 5.82 Å². The summed E-state index contributed by atoms with van der Waals surface area (Å²) in [6.45, 7) is 6.06. The van der Waals surface area contributed by atoms with Crippen LogP contribution in [0.4, 0.5) is 5.13 Å². The Bertz CT molecular complexity index is 447. The van der Waals surface area contributed by atoms with Crippen LogP contribution in [0.25, 0.3) is 11.4 Å². The first-order valence-corrected chi connectivity index (χ1v) is 5.59. The summed E-state index contributed by atoms with van der Waals surface area (Å²) in [5.41, 5.74) is 0.961. The minimum absolute atomic E-state index is 0.372. The molecule has 5 heteroatoms. The third kappa shape index (κ3) is 2.18. The number of hydrogen-bond acceptors (Lipinski definition) is 5. The smallest absolute Gasteiger partial charge is 0.203 e. The van der Waals surface area contributed by atoms with Crippen LogP contribution in [-0.4, -0.2) is 15.4 Å². The molecule has 0 atom stereocenters. The van der Waals surface area contributed by atoms with Gasteiger partial charge in [-0.1, -0.05) is 0 Å². The maximum absolute atomic E-state index is 5.21. The molecule has 2 aromatic rings. The van der Waals surface area contributed by atoms with E-state index in [1.54, 1.807) is 6.26 Å². The molecule has 4 nitrogen and oxygen atoms in total. The number of aryl methyl sites for hydroxylation is 1. The second-order valence-corrected chi connectivity index (χ2v) is 4.36. The molecule has 0 aromatic carbocycles. The van der Waals surface area contributed by atoms with Crippen molar-refractivity contribution < 1.29 is 4.42 Å². The lowest BCUT2D eigenvalue weighted by molar-refractivity contribution is 0.535. The molecule has 0 amide bonds. The second-order valence-electron chi connectivity index (χ2n) is 3.61. The molecule has 1 N–H and O–H groups in total. The van der Waals surface area contributed by atoms with Gasteiger partial charge in [-0.3, -0.25) is 0 Å². The van der Waals surface area contributed by atoms with E-state index >= 15 is 0 Å². The first kappa shape index (κ1) is 10.2. The first-order chi connectivity index (χ1) is 7.16. The summed E-state index contributed by atoms with van der Waals surface area (Å²) in [4.78, 5) is 4.39. The molecule has 2 rings (SSSR count). The molecule has 15 heavy (non-hydrogen) atoms. The average molecular weight is 223 g/mol. The van der Waals surface area contributed by atoms with Crippen LogP contribution in [0.15, 0.2) is 16.7 Å². The van der Waals surface area contributed by atoms with Crippen molar-refractivity contribution in [3.8, 4) is 11.4 Å². The Labute approximate surface area is 92.5 Å². The van der Waals surface area contributed by atoms with Crippen LogP contribution in [0.5, 0.6) is 0 Å². The lowest BCUT2D eigenvalue weighted by Gasteiger charge is -2.03. The van der Waals surface area contributed by atoms with Crippen LogP contribution in [0.1, 0.15) is 19.6 Å². The average Bonchev–Trinajstić information content (AvgIpc) is 2.72. The fraction of sp³-hybridized carbons (Fsp3) is 0.400. The Balaban J connectivity index is 2.24. The van der Waals surface area contributed by atoms with E-state index in [-0.39, 0.29) is 0 Å². The third-order valence-electron chi connectivity index (χ3n) is 1.94. The van der Waals surface area contributed by atoms with Gasteiger partial charge in [-0.2, -0.15) is 9.36 Å². The van der Waals surface area contributed by atoms with E-state index in [2.05, 4.69) is 28.5 Å². The molecule has 0 radical (unpaired) electrons. The molecule has 0 bridgehead atoms. The number of hydrogen-bond donors (Lipinski definition) is 1. The highest BCUT2D eigenvalue weighted by Gasteiger charge is 2.11. The van der Waals surface area contributed by atoms with E-state index in [1.165, 1.54) is 11.5 Å². The zero-order chi connectivity index (χ0) is 10.8. The zero-order valence-electron chi connectivity index (χ0n) is 8.94. The van der Waals surface area contributed by atoms with Crippen molar-refractivity contribution >= 4 is 16.7 Å². The Morgan fingerprint density at radius 2 is 2.27 bits per heavy atom. The molecule has 2 aromatic heterocycles. The van der Waals surface area contributed by atoms with Crippen molar-refractivity contribution in [2.45, 2.75) is 26.8 Å². The highest BCUT2D eigenvalue weighted by molar-refractivity contribution is 7.09. The number of furan rings is 1. The van der Waals surface area contributed by atoms with Crippen LogP contribution < -0.4 is 5.32 Å². The molecule has 0 saturated carbocycles. The van der Waals surface area contributed by atoms with Crippen molar-refractivity contribution in [2.24, 2.45) is 0 Å². The van der Waals surface area contributed by atoms with Gasteiger partial charge in [0.25, 0.3) is 0 Å². The summed E-state index contributed by atoms with van der Waals surface area (Å²) in [6.07, 6.45) is 1.65. The minimum Gasteiger partial charge on any atom is -0.469 e. The highest BCUT2D eigenvalue weighted by atomic mass is 32.1. The number of aromatic nitrogens is 2. The molecular weight excluding hydrogens is 210 g/mol. The lowest BCUT2D eigenvalue weighted by Crippen LogP contribution is -2.08. The number of nitrogens with one attached hydrogen (secondary N) is 1. The Morgan fingerprint density at radius 3 is 2.87 bits per heavy atom. The summed E-state index contributed by atoms with van der Waals surface area (Å²) in [6, 6.07) is 2.26. The van der Waals surface area contributed by atoms with Crippen LogP contribution in [0.3, 0.4) is 0 Å². The molecule has 0 spiro atoms. The van der Waals surface area contributed by atoms with Gasteiger partial charge >= 0.3 is 0 Å². The molecule has 0 aliphatic heterocycles. The Kier molecular flexibility index (Phi) is 2.73. The molecule has 0 aliphatic carbocycles. The number of anilines is 1. The second kappa shape index (κ2) is 4.02. The maximum atomic E-state index is 5.21. The van der Waals surface area contributed by atoms with Gasteiger partial charge in [0.2, 0.25) is 5.13 Å². The van der Waals surface area contributed by atoms with Crippen molar-refractivity contribution in [1.82, 2.24) is 9.36 Å². The van der Waals surface area contributed by atoms with Gasteiger partial charge in [0.05, 0.1) is 11.8 Å². The number of nitrogens with zero attached hydrogens (tertiary/aromatic N) is 2. The summed E-state index contributed by atoms with van der Waals surface area (Å²) < 4.78 is 9.49.